The normalized spacial score (nSPS) is 21.1. The number of nitrogens with two attached hydrogens (primary N) is 1. The van der Waals surface area contributed by atoms with Crippen LogP contribution < -0.4 is 5.73 Å². The fourth-order valence-corrected chi connectivity index (χ4v) is 2.41. The minimum atomic E-state index is -0.363. The SMILES string of the molecule is Cc1ccc(C(=O)N2CCC(C(C)O)C2)c(N)c1. The third kappa shape index (κ3) is 2.48. The van der Waals surface area contributed by atoms with E-state index in [-0.39, 0.29) is 17.9 Å². The smallest absolute Gasteiger partial charge is 0.255 e. The number of amides is 1. The van der Waals surface area contributed by atoms with E-state index in [0.29, 0.717) is 24.3 Å². The second-order valence-electron chi connectivity index (χ2n) is 5.13. The molecule has 2 rings (SSSR count). The number of carbonyl (C=O) groups is 1. The molecule has 0 bridgehead atoms. The highest BCUT2D eigenvalue weighted by Crippen LogP contribution is 2.23. The Morgan fingerprint density at radius 3 is 2.83 bits per heavy atom. The average molecular weight is 248 g/mol. The molecule has 0 aromatic heterocycles. The maximum atomic E-state index is 12.3. The van der Waals surface area contributed by atoms with Crippen LogP contribution in [0, 0.1) is 12.8 Å². The first-order valence-corrected chi connectivity index (χ1v) is 6.32. The molecule has 98 valence electrons. The Morgan fingerprint density at radius 1 is 1.56 bits per heavy atom. The monoisotopic (exact) mass is 248 g/mol. The number of hydrogen-bond donors (Lipinski definition) is 2. The largest absolute Gasteiger partial charge is 0.398 e. The number of carbonyl (C=O) groups excluding carboxylic acids is 1. The van der Waals surface area contributed by atoms with Crippen LogP contribution in [-0.2, 0) is 0 Å². The Morgan fingerprint density at radius 2 is 2.28 bits per heavy atom. The van der Waals surface area contributed by atoms with Gasteiger partial charge in [0.05, 0.1) is 11.7 Å². The molecule has 1 fully saturated rings. The van der Waals surface area contributed by atoms with E-state index >= 15 is 0 Å². The number of aliphatic hydroxyl groups is 1. The van der Waals surface area contributed by atoms with Gasteiger partial charge < -0.3 is 15.7 Å². The van der Waals surface area contributed by atoms with Gasteiger partial charge in [0.1, 0.15) is 0 Å². The second-order valence-corrected chi connectivity index (χ2v) is 5.13. The van der Waals surface area contributed by atoms with Gasteiger partial charge in [-0.2, -0.15) is 0 Å². The van der Waals surface area contributed by atoms with Crippen molar-refractivity contribution in [3.05, 3.63) is 29.3 Å². The molecule has 1 aromatic carbocycles. The molecule has 2 atom stereocenters. The summed E-state index contributed by atoms with van der Waals surface area (Å²) in [6.45, 7) is 5.04. The number of benzene rings is 1. The number of nitrogen functional groups attached to an aromatic ring is 1. The van der Waals surface area contributed by atoms with Crippen molar-refractivity contribution in [3.8, 4) is 0 Å². The van der Waals surface area contributed by atoms with Crippen LogP contribution in [0.15, 0.2) is 18.2 Å². The third-order valence-corrected chi connectivity index (χ3v) is 3.63. The molecule has 4 heteroatoms. The lowest BCUT2D eigenvalue weighted by Crippen LogP contribution is -2.30. The molecule has 0 radical (unpaired) electrons. The van der Waals surface area contributed by atoms with Gasteiger partial charge in [-0.25, -0.2) is 0 Å². The molecular formula is C14H20N2O2. The van der Waals surface area contributed by atoms with E-state index < -0.39 is 0 Å². The summed E-state index contributed by atoms with van der Waals surface area (Å²) in [6, 6.07) is 5.49. The van der Waals surface area contributed by atoms with Crippen molar-refractivity contribution in [2.24, 2.45) is 5.92 Å². The van der Waals surface area contributed by atoms with Crippen LogP contribution in [-0.4, -0.2) is 35.1 Å². The van der Waals surface area contributed by atoms with Crippen LogP contribution >= 0.6 is 0 Å². The molecular weight excluding hydrogens is 228 g/mol. The number of rotatable bonds is 2. The molecule has 1 amide bonds. The number of nitrogens with zero attached hydrogens (tertiary/aromatic N) is 1. The molecule has 3 N–H and O–H groups in total. The summed E-state index contributed by atoms with van der Waals surface area (Å²) >= 11 is 0. The molecule has 0 spiro atoms. The Bertz CT molecular complexity index is 457. The van der Waals surface area contributed by atoms with Gasteiger partial charge in [-0.05, 0) is 38.0 Å². The van der Waals surface area contributed by atoms with Gasteiger partial charge in [-0.3, -0.25) is 4.79 Å². The number of anilines is 1. The van der Waals surface area contributed by atoms with Crippen molar-refractivity contribution in [2.75, 3.05) is 18.8 Å². The lowest BCUT2D eigenvalue weighted by atomic mass is 10.0. The lowest BCUT2D eigenvalue weighted by molar-refractivity contribution is 0.0763. The van der Waals surface area contributed by atoms with Crippen LogP contribution in [0.3, 0.4) is 0 Å². The maximum Gasteiger partial charge on any atom is 0.255 e. The first kappa shape index (κ1) is 12.9. The molecule has 1 saturated heterocycles. The molecule has 0 aliphatic carbocycles. The standard InChI is InChI=1S/C14H20N2O2/c1-9-3-4-12(13(15)7-9)14(18)16-6-5-11(8-16)10(2)17/h3-4,7,10-11,17H,5-6,8,15H2,1-2H3. The van der Waals surface area contributed by atoms with Gasteiger partial charge in [-0.15, -0.1) is 0 Å². The van der Waals surface area contributed by atoms with Crippen molar-refractivity contribution in [2.45, 2.75) is 26.4 Å². The van der Waals surface area contributed by atoms with E-state index in [4.69, 9.17) is 5.73 Å². The number of aryl methyl sites for hydroxylation is 1. The molecule has 4 nitrogen and oxygen atoms in total. The summed E-state index contributed by atoms with van der Waals surface area (Å²) in [7, 11) is 0. The minimum absolute atomic E-state index is 0.0318. The third-order valence-electron chi connectivity index (χ3n) is 3.63. The fourth-order valence-electron chi connectivity index (χ4n) is 2.41. The van der Waals surface area contributed by atoms with Gasteiger partial charge >= 0.3 is 0 Å². The average Bonchev–Trinajstić information content (AvgIpc) is 2.77. The van der Waals surface area contributed by atoms with Crippen molar-refractivity contribution in [1.29, 1.82) is 0 Å². The number of hydrogen-bond acceptors (Lipinski definition) is 3. The van der Waals surface area contributed by atoms with Crippen molar-refractivity contribution in [3.63, 3.8) is 0 Å². The quantitative estimate of drug-likeness (QED) is 0.778. The Labute approximate surface area is 107 Å². The van der Waals surface area contributed by atoms with Gasteiger partial charge in [0, 0.05) is 24.7 Å². The summed E-state index contributed by atoms with van der Waals surface area (Å²) in [5.74, 6) is 0.149. The topological polar surface area (TPSA) is 66.6 Å². The molecule has 2 unspecified atom stereocenters. The zero-order valence-electron chi connectivity index (χ0n) is 10.9. The van der Waals surface area contributed by atoms with Crippen molar-refractivity contribution < 1.29 is 9.90 Å². The first-order valence-electron chi connectivity index (χ1n) is 6.32. The number of aliphatic hydroxyl groups excluding tert-OH is 1. The predicted molar refractivity (Wildman–Crippen MR) is 71.3 cm³/mol. The van der Waals surface area contributed by atoms with E-state index in [0.717, 1.165) is 12.0 Å². The molecule has 18 heavy (non-hydrogen) atoms. The molecule has 1 aliphatic rings. The second kappa shape index (κ2) is 4.98. The summed E-state index contributed by atoms with van der Waals surface area (Å²) in [4.78, 5) is 14.1. The van der Waals surface area contributed by atoms with Crippen molar-refractivity contribution in [1.82, 2.24) is 4.90 Å². The van der Waals surface area contributed by atoms with E-state index in [1.54, 1.807) is 17.9 Å². The van der Waals surface area contributed by atoms with E-state index in [1.165, 1.54) is 0 Å². The summed E-state index contributed by atoms with van der Waals surface area (Å²) in [6.07, 6.45) is 0.494. The molecule has 0 saturated carbocycles. The zero-order valence-corrected chi connectivity index (χ0v) is 10.9. The molecule has 1 aromatic rings. The summed E-state index contributed by atoms with van der Waals surface area (Å²) in [5.41, 5.74) is 8.03. The van der Waals surface area contributed by atoms with Crippen LogP contribution in [0.2, 0.25) is 0 Å². The Hall–Kier alpha value is -1.55. The van der Waals surface area contributed by atoms with Gasteiger partial charge in [0.2, 0.25) is 0 Å². The Kier molecular flexibility index (Phi) is 3.57. The maximum absolute atomic E-state index is 12.3. The van der Waals surface area contributed by atoms with E-state index in [9.17, 15) is 9.90 Å². The van der Waals surface area contributed by atoms with E-state index in [2.05, 4.69) is 0 Å². The van der Waals surface area contributed by atoms with Crippen molar-refractivity contribution >= 4 is 11.6 Å². The van der Waals surface area contributed by atoms with Gasteiger partial charge in [-0.1, -0.05) is 6.07 Å². The zero-order chi connectivity index (χ0) is 13.3. The highest BCUT2D eigenvalue weighted by Gasteiger charge is 2.30. The first-order chi connectivity index (χ1) is 8.49. The predicted octanol–water partition coefficient (Wildman–Crippen LogP) is 1.42. The highest BCUT2D eigenvalue weighted by molar-refractivity contribution is 5.99. The minimum Gasteiger partial charge on any atom is -0.398 e. The van der Waals surface area contributed by atoms with Gasteiger partial charge in [0.15, 0.2) is 0 Å². The van der Waals surface area contributed by atoms with Crippen LogP contribution in [0.4, 0.5) is 5.69 Å². The number of likely N-dealkylation sites (tertiary alicyclic amines) is 1. The van der Waals surface area contributed by atoms with Crippen LogP contribution in [0.1, 0.15) is 29.3 Å². The fraction of sp³-hybridized carbons (Fsp3) is 0.500. The van der Waals surface area contributed by atoms with E-state index in [1.807, 2.05) is 19.1 Å². The van der Waals surface area contributed by atoms with Crippen LogP contribution in [0.25, 0.3) is 0 Å². The summed E-state index contributed by atoms with van der Waals surface area (Å²) in [5, 5.41) is 9.55. The Balaban J connectivity index is 2.13. The van der Waals surface area contributed by atoms with Gasteiger partial charge in [0.25, 0.3) is 5.91 Å². The summed E-state index contributed by atoms with van der Waals surface area (Å²) < 4.78 is 0. The molecule has 1 heterocycles. The molecule has 1 aliphatic heterocycles. The van der Waals surface area contributed by atoms with Crippen LogP contribution in [0.5, 0.6) is 0 Å². The highest BCUT2D eigenvalue weighted by atomic mass is 16.3. The lowest BCUT2D eigenvalue weighted by Gasteiger charge is -2.18.